The Hall–Kier alpha value is -1.92. The first-order valence-electron chi connectivity index (χ1n) is 7.36. The monoisotopic (exact) mass is 348 g/mol. The average molecular weight is 349 g/mol. The molecule has 0 amide bonds. The second-order valence-corrected chi connectivity index (χ2v) is 7.08. The Bertz CT molecular complexity index is 868. The third-order valence-corrected chi connectivity index (χ3v) is 4.49. The summed E-state index contributed by atoms with van der Waals surface area (Å²) in [5.41, 5.74) is 2.18. The molecule has 120 valence electrons. The Morgan fingerprint density at radius 3 is 2.91 bits per heavy atom. The Morgan fingerprint density at radius 1 is 1.43 bits per heavy atom. The molecule has 0 bridgehead atoms. The van der Waals surface area contributed by atoms with Gasteiger partial charge in [0.05, 0.1) is 0 Å². The summed E-state index contributed by atoms with van der Waals surface area (Å²) in [6.45, 7) is 6.67. The van der Waals surface area contributed by atoms with Crippen molar-refractivity contribution in [1.29, 1.82) is 0 Å². The van der Waals surface area contributed by atoms with Crippen LogP contribution in [0.2, 0.25) is 5.15 Å². The number of imidazole rings is 1. The second kappa shape index (κ2) is 6.29. The maximum Gasteiger partial charge on any atom is 0.215 e. The number of hydrogen-bond acceptors (Lipinski definition) is 5. The fourth-order valence-electron chi connectivity index (χ4n) is 2.21. The van der Waals surface area contributed by atoms with E-state index in [9.17, 15) is 4.79 Å². The van der Waals surface area contributed by atoms with Gasteiger partial charge < -0.3 is 5.32 Å². The third-order valence-electron chi connectivity index (χ3n) is 3.37. The molecule has 0 aliphatic rings. The van der Waals surface area contributed by atoms with Crippen molar-refractivity contribution in [2.75, 3.05) is 11.9 Å². The first kappa shape index (κ1) is 16.0. The predicted octanol–water partition coefficient (Wildman–Crippen LogP) is 4.38. The minimum Gasteiger partial charge on any atom is -0.360 e. The van der Waals surface area contributed by atoms with E-state index in [1.807, 2.05) is 18.2 Å². The van der Waals surface area contributed by atoms with Crippen molar-refractivity contribution in [1.82, 2.24) is 14.6 Å². The number of Topliss-reactive ketones (excluding diaryl/α,β-unsaturated/α-hetero) is 1. The van der Waals surface area contributed by atoms with Crippen LogP contribution in [-0.2, 0) is 0 Å². The van der Waals surface area contributed by atoms with Crippen LogP contribution in [0.25, 0.3) is 16.2 Å². The molecule has 0 aliphatic carbocycles. The fourth-order valence-corrected chi connectivity index (χ4v) is 3.34. The molecule has 23 heavy (non-hydrogen) atoms. The summed E-state index contributed by atoms with van der Waals surface area (Å²) >= 11 is 7.74. The topological polar surface area (TPSA) is 59.3 Å². The molecule has 0 aliphatic heterocycles. The zero-order chi connectivity index (χ0) is 16.6. The number of hydrogen-bond donors (Lipinski definition) is 1. The molecule has 0 saturated carbocycles. The first-order chi connectivity index (χ1) is 11.0. The van der Waals surface area contributed by atoms with Crippen LogP contribution in [0.3, 0.4) is 0 Å². The van der Waals surface area contributed by atoms with Gasteiger partial charge in [0, 0.05) is 17.7 Å². The molecule has 7 heteroatoms. The highest BCUT2D eigenvalue weighted by molar-refractivity contribution is 7.20. The quantitative estimate of drug-likeness (QED) is 0.695. The maximum absolute atomic E-state index is 11.6. The van der Waals surface area contributed by atoms with Crippen molar-refractivity contribution in [2.45, 2.75) is 20.8 Å². The van der Waals surface area contributed by atoms with E-state index in [-0.39, 0.29) is 5.78 Å². The Kier molecular flexibility index (Phi) is 4.37. The smallest absolute Gasteiger partial charge is 0.215 e. The minimum atomic E-state index is 0.0151. The summed E-state index contributed by atoms with van der Waals surface area (Å²) in [6.07, 6.45) is 0. The highest BCUT2D eigenvalue weighted by Crippen LogP contribution is 2.32. The summed E-state index contributed by atoms with van der Waals surface area (Å²) in [6, 6.07) is 7.35. The molecule has 0 atom stereocenters. The van der Waals surface area contributed by atoms with Crippen molar-refractivity contribution in [3.05, 3.63) is 35.0 Å². The van der Waals surface area contributed by atoms with E-state index in [2.05, 4.69) is 29.2 Å². The normalized spacial score (nSPS) is 11.3. The molecule has 1 aromatic carbocycles. The molecule has 1 N–H and O–H groups in total. The minimum absolute atomic E-state index is 0.0151. The predicted molar refractivity (Wildman–Crippen MR) is 94.6 cm³/mol. The number of rotatable bonds is 5. The van der Waals surface area contributed by atoms with Crippen LogP contribution < -0.4 is 5.32 Å². The van der Waals surface area contributed by atoms with Gasteiger partial charge in [0.15, 0.2) is 10.9 Å². The van der Waals surface area contributed by atoms with Gasteiger partial charge in [-0.1, -0.05) is 55.0 Å². The van der Waals surface area contributed by atoms with E-state index in [1.165, 1.54) is 11.3 Å². The zero-order valence-corrected chi connectivity index (χ0v) is 14.7. The molecule has 0 radical (unpaired) electrons. The Balaban J connectivity index is 2.04. The molecule has 0 spiro atoms. The van der Waals surface area contributed by atoms with Crippen LogP contribution in [0.15, 0.2) is 24.3 Å². The lowest BCUT2D eigenvalue weighted by Gasteiger charge is -2.04. The van der Waals surface area contributed by atoms with Gasteiger partial charge in [0.2, 0.25) is 10.1 Å². The largest absolute Gasteiger partial charge is 0.360 e. The van der Waals surface area contributed by atoms with E-state index < -0.39 is 0 Å². The van der Waals surface area contributed by atoms with Gasteiger partial charge in [0.25, 0.3) is 0 Å². The summed E-state index contributed by atoms with van der Waals surface area (Å²) < 4.78 is 1.73. The van der Waals surface area contributed by atoms with Crippen LogP contribution in [-0.4, -0.2) is 26.9 Å². The number of ketones is 1. The van der Waals surface area contributed by atoms with E-state index >= 15 is 0 Å². The molecule has 3 rings (SSSR count). The standard InChI is InChI=1S/C16H17ClN4OS/c1-9(2)8-18-15-20-21-13(14(17)19-16(21)23-15)12-6-4-5-11(7-12)10(3)22/h4-7,9H,8H2,1-3H3,(H,18,20). The van der Waals surface area contributed by atoms with Crippen LogP contribution in [0.4, 0.5) is 5.13 Å². The third kappa shape index (κ3) is 3.23. The van der Waals surface area contributed by atoms with Crippen LogP contribution in [0.1, 0.15) is 31.1 Å². The highest BCUT2D eigenvalue weighted by atomic mass is 35.5. The lowest BCUT2D eigenvalue weighted by atomic mass is 10.1. The molecule has 0 fully saturated rings. The zero-order valence-electron chi connectivity index (χ0n) is 13.1. The summed E-state index contributed by atoms with van der Waals surface area (Å²) in [5, 5.41) is 9.04. The van der Waals surface area contributed by atoms with E-state index in [4.69, 9.17) is 11.6 Å². The van der Waals surface area contributed by atoms with Crippen molar-refractivity contribution in [3.63, 3.8) is 0 Å². The van der Waals surface area contributed by atoms with Gasteiger partial charge >= 0.3 is 0 Å². The molecule has 2 aromatic heterocycles. The average Bonchev–Trinajstić information content (AvgIpc) is 3.01. The van der Waals surface area contributed by atoms with E-state index in [0.717, 1.165) is 22.2 Å². The van der Waals surface area contributed by atoms with Crippen molar-refractivity contribution in [3.8, 4) is 11.3 Å². The van der Waals surface area contributed by atoms with Gasteiger partial charge in [-0.2, -0.15) is 4.52 Å². The number of carbonyl (C=O) groups is 1. The highest BCUT2D eigenvalue weighted by Gasteiger charge is 2.17. The van der Waals surface area contributed by atoms with Crippen molar-refractivity contribution < 1.29 is 4.79 Å². The van der Waals surface area contributed by atoms with Gasteiger partial charge in [-0.05, 0) is 18.9 Å². The number of anilines is 1. The van der Waals surface area contributed by atoms with Gasteiger partial charge in [0.1, 0.15) is 5.69 Å². The Labute approximate surface area is 143 Å². The number of carbonyl (C=O) groups excluding carboxylic acids is 1. The molecule has 0 unspecified atom stereocenters. The maximum atomic E-state index is 11.6. The SMILES string of the molecule is CC(=O)c1cccc(-c2c(Cl)nc3sc(NCC(C)C)nn23)c1. The van der Waals surface area contributed by atoms with Crippen LogP contribution >= 0.6 is 22.9 Å². The number of benzene rings is 1. The Morgan fingerprint density at radius 2 is 2.22 bits per heavy atom. The lowest BCUT2D eigenvalue weighted by molar-refractivity contribution is 0.101. The molecular formula is C16H17ClN4OS. The van der Waals surface area contributed by atoms with Gasteiger partial charge in [-0.3, -0.25) is 4.79 Å². The molecular weight excluding hydrogens is 332 g/mol. The number of aromatic nitrogens is 3. The molecule has 2 heterocycles. The van der Waals surface area contributed by atoms with Crippen molar-refractivity contribution in [2.24, 2.45) is 5.92 Å². The molecule has 0 saturated heterocycles. The number of nitrogens with one attached hydrogen (secondary N) is 1. The van der Waals surface area contributed by atoms with E-state index in [1.54, 1.807) is 17.5 Å². The van der Waals surface area contributed by atoms with E-state index in [0.29, 0.717) is 22.3 Å². The number of fused-ring (bicyclic) bond motifs is 1. The molecule has 3 aromatic rings. The van der Waals surface area contributed by atoms with Gasteiger partial charge in [-0.15, -0.1) is 5.10 Å². The fraction of sp³-hybridized carbons (Fsp3) is 0.312. The van der Waals surface area contributed by atoms with Crippen LogP contribution in [0.5, 0.6) is 0 Å². The summed E-state index contributed by atoms with van der Waals surface area (Å²) in [4.78, 5) is 16.7. The number of halogens is 1. The number of nitrogens with zero attached hydrogens (tertiary/aromatic N) is 3. The molecule has 5 nitrogen and oxygen atoms in total. The van der Waals surface area contributed by atoms with Crippen LogP contribution in [0, 0.1) is 5.92 Å². The summed E-state index contributed by atoms with van der Waals surface area (Å²) in [7, 11) is 0. The lowest BCUT2D eigenvalue weighted by Crippen LogP contribution is -2.07. The summed E-state index contributed by atoms with van der Waals surface area (Å²) in [5.74, 6) is 0.544. The second-order valence-electron chi connectivity index (χ2n) is 5.76. The van der Waals surface area contributed by atoms with Crippen molar-refractivity contribution >= 4 is 38.8 Å². The first-order valence-corrected chi connectivity index (χ1v) is 8.55. The van der Waals surface area contributed by atoms with Gasteiger partial charge in [-0.25, -0.2) is 4.98 Å².